The molecule has 1 aromatic carbocycles. The van der Waals surface area contributed by atoms with Crippen molar-refractivity contribution in [2.45, 2.75) is 12.8 Å². The van der Waals surface area contributed by atoms with E-state index in [0.29, 0.717) is 36.0 Å². The van der Waals surface area contributed by atoms with Crippen molar-refractivity contribution < 1.29 is 9.59 Å². The third-order valence-corrected chi connectivity index (χ3v) is 4.31. The maximum Gasteiger partial charge on any atom is 0.246 e. The number of nitrogens with zero attached hydrogens (tertiary/aromatic N) is 1. The van der Waals surface area contributed by atoms with Crippen LogP contribution in [-0.4, -0.2) is 29.8 Å². The average Bonchev–Trinajstić information content (AvgIpc) is 2.48. The summed E-state index contributed by atoms with van der Waals surface area (Å²) in [6.45, 7) is 1.11. The van der Waals surface area contributed by atoms with Gasteiger partial charge in [0.25, 0.3) is 0 Å². The third-order valence-electron chi connectivity index (χ3n) is 3.57. The van der Waals surface area contributed by atoms with Crippen LogP contribution in [0.2, 0.25) is 10.0 Å². The molecule has 0 unspecified atom stereocenters. The topological polar surface area (TPSA) is 63.4 Å². The van der Waals surface area contributed by atoms with E-state index < -0.39 is 0 Å². The van der Waals surface area contributed by atoms with Crippen LogP contribution in [0.5, 0.6) is 0 Å². The number of primary amides is 1. The largest absolute Gasteiger partial charge is 0.369 e. The van der Waals surface area contributed by atoms with Gasteiger partial charge in [0, 0.05) is 25.1 Å². The summed E-state index contributed by atoms with van der Waals surface area (Å²) in [5.74, 6) is -0.481. The molecular formula is C15H16Cl2N2O2. The number of hydrogen-bond acceptors (Lipinski definition) is 2. The van der Waals surface area contributed by atoms with Crippen LogP contribution in [0.4, 0.5) is 0 Å². The predicted octanol–water partition coefficient (Wildman–Crippen LogP) is 2.73. The number of hydrogen-bond donors (Lipinski definition) is 1. The zero-order chi connectivity index (χ0) is 15.4. The average molecular weight is 327 g/mol. The van der Waals surface area contributed by atoms with Gasteiger partial charge < -0.3 is 10.6 Å². The van der Waals surface area contributed by atoms with Crippen molar-refractivity contribution in [1.29, 1.82) is 0 Å². The lowest BCUT2D eigenvalue weighted by Crippen LogP contribution is -2.41. The molecule has 2 amide bonds. The minimum Gasteiger partial charge on any atom is -0.369 e. The van der Waals surface area contributed by atoms with Gasteiger partial charge in [-0.25, -0.2) is 0 Å². The predicted molar refractivity (Wildman–Crippen MR) is 84.0 cm³/mol. The molecule has 0 aromatic heterocycles. The van der Waals surface area contributed by atoms with Gasteiger partial charge in [-0.05, 0) is 36.6 Å². The van der Waals surface area contributed by atoms with E-state index in [-0.39, 0.29) is 17.7 Å². The molecule has 6 heteroatoms. The van der Waals surface area contributed by atoms with Crippen molar-refractivity contribution in [2.24, 2.45) is 11.7 Å². The number of benzene rings is 1. The van der Waals surface area contributed by atoms with Crippen molar-refractivity contribution >= 4 is 41.1 Å². The van der Waals surface area contributed by atoms with E-state index in [9.17, 15) is 9.59 Å². The van der Waals surface area contributed by atoms with Gasteiger partial charge in [-0.1, -0.05) is 29.3 Å². The Morgan fingerprint density at radius 1 is 1.19 bits per heavy atom. The molecule has 0 radical (unpaired) electrons. The molecule has 0 atom stereocenters. The summed E-state index contributed by atoms with van der Waals surface area (Å²) in [6, 6.07) is 5.18. The summed E-state index contributed by atoms with van der Waals surface area (Å²) in [6.07, 6.45) is 4.46. The molecule has 0 bridgehead atoms. The smallest absolute Gasteiger partial charge is 0.246 e. The number of carbonyl (C=O) groups excluding carboxylic acids is 2. The molecule has 0 saturated carbocycles. The monoisotopic (exact) mass is 326 g/mol. The van der Waals surface area contributed by atoms with Gasteiger partial charge >= 0.3 is 0 Å². The molecule has 1 saturated heterocycles. The lowest BCUT2D eigenvalue weighted by Gasteiger charge is -2.29. The second-order valence-electron chi connectivity index (χ2n) is 5.01. The fourth-order valence-electron chi connectivity index (χ4n) is 2.27. The molecule has 112 valence electrons. The molecule has 0 aliphatic carbocycles. The van der Waals surface area contributed by atoms with Crippen molar-refractivity contribution in [2.75, 3.05) is 13.1 Å². The summed E-state index contributed by atoms with van der Waals surface area (Å²) < 4.78 is 0. The Bertz CT molecular complexity index is 579. The maximum absolute atomic E-state index is 12.1. The minimum absolute atomic E-state index is 0.0796. The maximum atomic E-state index is 12.1. The van der Waals surface area contributed by atoms with Gasteiger partial charge in [0.1, 0.15) is 0 Å². The summed E-state index contributed by atoms with van der Waals surface area (Å²) in [5, 5.41) is 0.933. The number of likely N-dealkylation sites (tertiary alicyclic amines) is 1. The number of amides is 2. The highest BCUT2D eigenvalue weighted by atomic mass is 35.5. The van der Waals surface area contributed by atoms with Crippen LogP contribution >= 0.6 is 23.2 Å². The van der Waals surface area contributed by atoms with Gasteiger partial charge in [0.2, 0.25) is 11.8 Å². The minimum atomic E-state index is -0.284. The van der Waals surface area contributed by atoms with Crippen LogP contribution in [0.1, 0.15) is 18.4 Å². The zero-order valence-electron chi connectivity index (χ0n) is 11.4. The molecule has 1 aliphatic rings. The van der Waals surface area contributed by atoms with Gasteiger partial charge in [0.15, 0.2) is 0 Å². The Balaban J connectivity index is 1.94. The molecule has 1 fully saturated rings. The highest BCUT2D eigenvalue weighted by molar-refractivity contribution is 6.42. The molecule has 4 nitrogen and oxygen atoms in total. The van der Waals surface area contributed by atoms with E-state index in [2.05, 4.69) is 0 Å². The first kappa shape index (κ1) is 15.9. The van der Waals surface area contributed by atoms with Crippen LogP contribution in [0.15, 0.2) is 24.3 Å². The normalized spacial score (nSPS) is 16.4. The Morgan fingerprint density at radius 3 is 2.43 bits per heavy atom. The highest BCUT2D eigenvalue weighted by Crippen LogP contribution is 2.23. The number of nitrogens with two attached hydrogens (primary N) is 1. The quantitative estimate of drug-likeness (QED) is 0.868. The van der Waals surface area contributed by atoms with E-state index in [1.807, 2.05) is 0 Å². The molecule has 1 aliphatic heterocycles. The second-order valence-corrected chi connectivity index (χ2v) is 5.82. The number of carbonyl (C=O) groups is 2. The number of halogens is 2. The van der Waals surface area contributed by atoms with Crippen LogP contribution < -0.4 is 5.73 Å². The van der Waals surface area contributed by atoms with Gasteiger partial charge in [-0.15, -0.1) is 0 Å². The second kappa shape index (κ2) is 6.96. The zero-order valence-corrected chi connectivity index (χ0v) is 12.9. The first-order chi connectivity index (χ1) is 9.97. The fraction of sp³-hybridized carbons (Fsp3) is 0.333. The summed E-state index contributed by atoms with van der Waals surface area (Å²) in [5.41, 5.74) is 6.08. The Labute approximate surface area is 133 Å². The van der Waals surface area contributed by atoms with Crippen LogP contribution in [0.25, 0.3) is 6.08 Å². The Kier molecular flexibility index (Phi) is 5.26. The number of piperidine rings is 1. The summed E-state index contributed by atoms with van der Waals surface area (Å²) in [7, 11) is 0. The van der Waals surface area contributed by atoms with Crippen LogP contribution in [-0.2, 0) is 9.59 Å². The van der Waals surface area contributed by atoms with Crippen molar-refractivity contribution in [3.63, 3.8) is 0 Å². The van der Waals surface area contributed by atoms with Crippen LogP contribution in [0, 0.1) is 5.92 Å². The van der Waals surface area contributed by atoms with E-state index in [4.69, 9.17) is 28.9 Å². The molecule has 2 N–H and O–H groups in total. The molecule has 1 aromatic rings. The Hall–Kier alpha value is -1.52. The Morgan fingerprint density at radius 2 is 1.86 bits per heavy atom. The molecule has 2 rings (SSSR count). The standard InChI is InChI=1S/C15H16Cl2N2O2/c16-12-3-1-10(9-13(12)17)2-4-14(20)19-7-5-11(6-8-19)15(18)21/h1-4,9,11H,5-8H2,(H2,18,21)/b4-2+. The lowest BCUT2D eigenvalue weighted by atomic mass is 9.96. The summed E-state index contributed by atoms with van der Waals surface area (Å²) in [4.78, 5) is 24.9. The van der Waals surface area contributed by atoms with Gasteiger partial charge in [-0.3, -0.25) is 9.59 Å². The van der Waals surface area contributed by atoms with E-state index in [1.165, 1.54) is 6.08 Å². The van der Waals surface area contributed by atoms with Crippen molar-refractivity contribution in [3.05, 3.63) is 39.9 Å². The molecule has 1 heterocycles. The first-order valence-corrected chi connectivity index (χ1v) is 7.44. The van der Waals surface area contributed by atoms with Gasteiger partial charge in [-0.2, -0.15) is 0 Å². The van der Waals surface area contributed by atoms with E-state index in [0.717, 1.165) is 5.56 Å². The van der Waals surface area contributed by atoms with Crippen molar-refractivity contribution in [1.82, 2.24) is 4.90 Å². The van der Waals surface area contributed by atoms with Crippen molar-refractivity contribution in [3.8, 4) is 0 Å². The van der Waals surface area contributed by atoms with E-state index in [1.54, 1.807) is 29.2 Å². The molecule has 0 spiro atoms. The van der Waals surface area contributed by atoms with E-state index >= 15 is 0 Å². The molecule has 21 heavy (non-hydrogen) atoms. The fourth-order valence-corrected chi connectivity index (χ4v) is 2.58. The third kappa shape index (κ3) is 4.22. The van der Waals surface area contributed by atoms with Gasteiger partial charge in [0.05, 0.1) is 10.0 Å². The SMILES string of the molecule is NC(=O)C1CCN(C(=O)/C=C/c2ccc(Cl)c(Cl)c2)CC1. The highest BCUT2D eigenvalue weighted by Gasteiger charge is 2.24. The summed E-state index contributed by atoms with van der Waals surface area (Å²) >= 11 is 11.8. The molecular weight excluding hydrogens is 311 g/mol. The first-order valence-electron chi connectivity index (χ1n) is 6.68. The lowest BCUT2D eigenvalue weighted by molar-refractivity contribution is -0.130. The van der Waals surface area contributed by atoms with Crippen LogP contribution in [0.3, 0.4) is 0 Å². The number of rotatable bonds is 3.